The molecule has 0 spiro atoms. The summed E-state index contributed by atoms with van der Waals surface area (Å²) in [5, 5.41) is 4.78. The first-order valence-electron chi connectivity index (χ1n) is 10.2. The smallest absolute Gasteiger partial charge is 0.257 e. The number of morpholine rings is 1. The first-order chi connectivity index (χ1) is 14.5. The Bertz CT molecular complexity index is 988. The third-order valence-electron chi connectivity index (χ3n) is 5.25. The molecule has 2 atom stereocenters. The fourth-order valence-corrected chi connectivity index (χ4v) is 3.91. The van der Waals surface area contributed by atoms with Crippen molar-refractivity contribution in [1.82, 2.24) is 14.7 Å². The Morgan fingerprint density at radius 1 is 1.07 bits per heavy atom. The second-order valence-electron chi connectivity index (χ2n) is 7.77. The molecule has 3 aromatic rings. The van der Waals surface area contributed by atoms with Crippen LogP contribution in [0.2, 0.25) is 0 Å². The lowest BCUT2D eigenvalue weighted by molar-refractivity contribution is -0.0586. The standard InChI is InChI=1S/C24H27N3O3/c1-17-13-26(14-18(2)30-17)24(28)22-16-27(15-19-7-5-4-6-8-19)25-23(22)20-9-11-21(29-3)12-10-20/h4-12,16-18H,13-15H2,1-3H3/t17-,18-/m1/s1. The first kappa shape index (κ1) is 20.2. The molecular weight excluding hydrogens is 378 g/mol. The van der Waals surface area contributed by atoms with Crippen LogP contribution in [0.5, 0.6) is 5.75 Å². The van der Waals surface area contributed by atoms with Gasteiger partial charge in [0.15, 0.2) is 0 Å². The van der Waals surface area contributed by atoms with Gasteiger partial charge in [-0.3, -0.25) is 9.48 Å². The summed E-state index contributed by atoms with van der Waals surface area (Å²) in [5.41, 5.74) is 3.32. The third-order valence-corrected chi connectivity index (χ3v) is 5.25. The molecule has 30 heavy (non-hydrogen) atoms. The summed E-state index contributed by atoms with van der Waals surface area (Å²) in [4.78, 5) is 15.3. The van der Waals surface area contributed by atoms with E-state index in [0.717, 1.165) is 16.9 Å². The minimum absolute atomic E-state index is 0.0119. The molecule has 0 unspecified atom stereocenters. The lowest BCUT2D eigenvalue weighted by atomic mass is 10.1. The zero-order chi connectivity index (χ0) is 21.1. The molecule has 6 nitrogen and oxygen atoms in total. The van der Waals surface area contributed by atoms with E-state index in [1.165, 1.54) is 0 Å². The molecule has 1 aliphatic heterocycles. The van der Waals surface area contributed by atoms with E-state index in [1.54, 1.807) is 7.11 Å². The zero-order valence-electron chi connectivity index (χ0n) is 17.6. The summed E-state index contributed by atoms with van der Waals surface area (Å²) in [6.07, 6.45) is 1.89. The number of carbonyl (C=O) groups excluding carboxylic acids is 1. The summed E-state index contributed by atoms with van der Waals surface area (Å²) in [5.74, 6) is 0.758. The van der Waals surface area contributed by atoms with Gasteiger partial charge >= 0.3 is 0 Å². The number of methoxy groups -OCH3 is 1. The normalized spacial score (nSPS) is 19.0. The van der Waals surface area contributed by atoms with Crippen LogP contribution in [0, 0.1) is 0 Å². The van der Waals surface area contributed by atoms with Crippen molar-refractivity contribution >= 4 is 5.91 Å². The number of rotatable bonds is 5. The summed E-state index contributed by atoms with van der Waals surface area (Å²) < 4.78 is 12.9. The lowest BCUT2D eigenvalue weighted by Crippen LogP contribution is -2.48. The SMILES string of the molecule is COc1ccc(-c2nn(Cc3ccccc3)cc2C(=O)N2C[C@@H](C)O[C@H](C)C2)cc1. The average molecular weight is 405 g/mol. The maximum Gasteiger partial charge on any atom is 0.257 e. The molecule has 1 fully saturated rings. The van der Waals surface area contributed by atoms with E-state index in [0.29, 0.717) is 30.9 Å². The molecule has 1 aromatic heterocycles. The highest BCUT2D eigenvalue weighted by Gasteiger charge is 2.29. The number of amides is 1. The summed E-state index contributed by atoms with van der Waals surface area (Å²) in [6.45, 7) is 5.76. The van der Waals surface area contributed by atoms with Crippen LogP contribution in [-0.2, 0) is 11.3 Å². The van der Waals surface area contributed by atoms with E-state index >= 15 is 0 Å². The van der Waals surface area contributed by atoms with E-state index in [2.05, 4.69) is 12.1 Å². The van der Waals surface area contributed by atoms with Crippen LogP contribution < -0.4 is 4.74 Å². The summed E-state index contributed by atoms with van der Waals surface area (Å²) >= 11 is 0. The van der Waals surface area contributed by atoms with Gasteiger partial charge in [0.25, 0.3) is 5.91 Å². The van der Waals surface area contributed by atoms with Crippen LogP contribution in [0.25, 0.3) is 11.3 Å². The van der Waals surface area contributed by atoms with Gasteiger partial charge in [0, 0.05) is 24.8 Å². The summed E-state index contributed by atoms with van der Waals surface area (Å²) in [6, 6.07) is 17.8. The van der Waals surface area contributed by atoms with Crippen molar-refractivity contribution in [3.63, 3.8) is 0 Å². The topological polar surface area (TPSA) is 56.6 Å². The van der Waals surface area contributed by atoms with Crippen LogP contribution in [0.15, 0.2) is 60.8 Å². The molecule has 0 N–H and O–H groups in total. The molecule has 2 heterocycles. The first-order valence-corrected chi connectivity index (χ1v) is 10.2. The molecule has 0 aliphatic carbocycles. The van der Waals surface area contributed by atoms with Gasteiger partial charge in [0.1, 0.15) is 11.4 Å². The Balaban J connectivity index is 1.70. The number of aromatic nitrogens is 2. The number of carbonyl (C=O) groups is 1. The van der Waals surface area contributed by atoms with Crippen molar-refractivity contribution in [2.45, 2.75) is 32.6 Å². The Kier molecular flexibility index (Phi) is 5.86. The van der Waals surface area contributed by atoms with Gasteiger partial charge in [-0.05, 0) is 43.7 Å². The van der Waals surface area contributed by atoms with E-state index in [4.69, 9.17) is 14.6 Å². The van der Waals surface area contributed by atoms with E-state index in [1.807, 2.05) is 72.1 Å². The molecule has 1 amide bonds. The molecule has 0 radical (unpaired) electrons. The van der Waals surface area contributed by atoms with Gasteiger partial charge in [0.05, 0.1) is 31.4 Å². The minimum Gasteiger partial charge on any atom is -0.497 e. The second-order valence-corrected chi connectivity index (χ2v) is 7.77. The van der Waals surface area contributed by atoms with Gasteiger partial charge in [-0.15, -0.1) is 0 Å². The highest BCUT2D eigenvalue weighted by atomic mass is 16.5. The van der Waals surface area contributed by atoms with E-state index in [9.17, 15) is 4.79 Å². The van der Waals surface area contributed by atoms with Crippen LogP contribution >= 0.6 is 0 Å². The quantitative estimate of drug-likeness (QED) is 0.647. The molecule has 0 bridgehead atoms. The monoisotopic (exact) mass is 405 g/mol. The number of ether oxygens (including phenoxy) is 2. The Morgan fingerprint density at radius 3 is 2.37 bits per heavy atom. The maximum absolute atomic E-state index is 13.5. The van der Waals surface area contributed by atoms with Crippen molar-refractivity contribution < 1.29 is 14.3 Å². The average Bonchev–Trinajstić information content (AvgIpc) is 3.17. The minimum atomic E-state index is -0.0119. The highest BCUT2D eigenvalue weighted by Crippen LogP contribution is 2.27. The molecular formula is C24H27N3O3. The van der Waals surface area contributed by atoms with Crippen molar-refractivity contribution in [3.05, 3.63) is 71.9 Å². The number of hydrogen-bond donors (Lipinski definition) is 0. The van der Waals surface area contributed by atoms with Gasteiger partial charge < -0.3 is 14.4 Å². The Morgan fingerprint density at radius 2 is 1.73 bits per heavy atom. The van der Waals surface area contributed by atoms with Gasteiger partial charge in [-0.1, -0.05) is 30.3 Å². The highest BCUT2D eigenvalue weighted by molar-refractivity contribution is 6.00. The molecule has 1 saturated heterocycles. The fraction of sp³-hybridized carbons (Fsp3) is 0.333. The Hall–Kier alpha value is -3.12. The van der Waals surface area contributed by atoms with Crippen LogP contribution in [0.3, 0.4) is 0 Å². The van der Waals surface area contributed by atoms with Crippen molar-refractivity contribution in [2.24, 2.45) is 0 Å². The zero-order valence-corrected chi connectivity index (χ0v) is 17.6. The van der Waals surface area contributed by atoms with Crippen molar-refractivity contribution in [3.8, 4) is 17.0 Å². The maximum atomic E-state index is 13.5. The lowest BCUT2D eigenvalue weighted by Gasteiger charge is -2.35. The second kappa shape index (κ2) is 8.71. The van der Waals surface area contributed by atoms with Crippen molar-refractivity contribution in [2.75, 3.05) is 20.2 Å². The van der Waals surface area contributed by atoms with E-state index < -0.39 is 0 Å². The fourth-order valence-electron chi connectivity index (χ4n) is 3.91. The summed E-state index contributed by atoms with van der Waals surface area (Å²) in [7, 11) is 1.64. The largest absolute Gasteiger partial charge is 0.497 e. The number of benzene rings is 2. The molecule has 6 heteroatoms. The van der Waals surface area contributed by atoms with Gasteiger partial charge in [-0.25, -0.2) is 0 Å². The molecule has 2 aromatic carbocycles. The molecule has 4 rings (SSSR count). The Labute approximate surface area is 177 Å². The van der Waals surface area contributed by atoms with Crippen LogP contribution in [-0.4, -0.2) is 53.0 Å². The van der Waals surface area contributed by atoms with Gasteiger partial charge in [0.2, 0.25) is 0 Å². The number of nitrogens with zero attached hydrogens (tertiary/aromatic N) is 3. The van der Waals surface area contributed by atoms with E-state index in [-0.39, 0.29) is 18.1 Å². The predicted molar refractivity (Wildman–Crippen MR) is 116 cm³/mol. The van der Waals surface area contributed by atoms with Crippen molar-refractivity contribution in [1.29, 1.82) is 0 Å². The van der Waals surface area contributed by atoms with Gasteiger partial charge in [-0.2, -0.15) is 5.10 Å². The van der Waals surface area contributed by atoms with Crippen LogP contribution in [0.1, 0.15) is 29.8 Å². The van der Waals surface area contributed by atoms with Crippen LogP contribution in [0.4, 0.5) is 0 Å². The molecule has 156 valence electrons. The third kappa shape index (κ3) is 4.39. The molecule has 1 aliphatic rings. The predicted octanol–water partition coefficient (Wildman–Crippen LogP) is 3.86. The molecule has 0 saturated carbocycles. The number of hydrogen-bond acceptors (Lipinski definition) is 4.